The molecule has 4 aromatic rings. The molecule has 0 unspecified atom stereocenters. The fourth-order valence-electron chi connectivity index (χ4n) is 4.51. The number of aromatic nitrogens is 3. The largest absolute Gasteiger partial charge is 0.491 e. The fraction of sp³-hybridized carbons (Fsp3) is 0.423. The van der Waals surface area contributed by atoms with E-state index in [2.05, 4.69) is 44.4 Å². The van der Waals surface area contributed by atoms with Gasteiger partial charge in [0.2, 0.25) is 0 Å². The van der Waals surface area contributed by atoms with Gasteiger partial charge >= 0.3 is 0 Å². The summed E-state index contributed by atoms with van der Waals surface area (Å²) in [6.07, 6.45) is 5.72. The van der Waals surface area contributed by atoms with E-state index in [1.807, 2.05) is 13.8 Å². The predicted octanol–water partition coefficient (Wildman–Crippen LogP) is 7.65. The molecular formula is C26H29N3OS3. The Kier molecular flexibility index (Phi) is 6.56. The molecule has 0 N–H and O–H groups in total. The van der Waals surface area contributed by atoms with Crippen LogP contribution >= 0.6 is 34.9 Å². The number of hydrogen-bond donors (Lipinski definition) is 0. The fourth-order valence-corrected chi connectivity index (χ4v) is 7.14. The van der Waals surface area contributed by atoms with Gasteiger partial charge in [-0.2, -0.15) is 0 Å². The first-order valence-corrected chi connectivity index (χ1v) is 14.6. The van der Waals surface area contributed by atoms with Crippen LogP contribution in [0.3, 0.4) is 0 Å². The minimum atomic E-state index is 0.184. The molecule has 0 radical (unpaired) electrons. The Labute approximate surface area is 208 Å². The van der Waals surface area contributed by atoms with Gasteiger partial charge in [-0.05, 0) is 74.1 Å². The van der Waals surface area contributed by atoms with Gasteiger partial charge in [-0.15, -0.1) is 23.1 Å². The maximum absolute atomic E-state index is 5.78. The molecule has 0 amide bonds. The van der Waals surface area contributed by atoms with Gasteiger partial charge in [0.05, 0.1) is 16.3 Å². The zero-order valence-electron chi connectivity index (χ0n) is 19.8. The van der Waals surface area contributed by atoms with Crippen molar-refractivity contribution in [1.29, 1.82) is 0 Å². The number of pyridine rings is 1. The number of rotatable bonds is 7. The van der Waals surface area contributed by atoms with E-state index in [-0.39, 0.29) is 6.10 Å². The molecule has 172 valence electrons. The monoisotopic (exact) mass is 495 g/mol. The van der Waals surface area contributed by atoms with Gasteiger partial charge in [0.1, 0.15) is 15.6 Å². The van der Waals surface area contributed by atoms with Gasteiger partial charge in [-0.1, -0.05) is 37.7 Å². The number of thiophene rings is 1. The van der Waals surface area contributed by atoms with E-state index in [1.165, 1.54) is 38.9 Å². The number of hydrogen-bond acceptors (Lipinski definition) is 7. The second-order valence-corrected chi connectivity index (χ2v) is 11.8. The molecule has 0 fully saturated rings. The highest BCUT2D eigenvalue weighted by atomic mass is 32.2. The molecule has 0 bridgehead atoms. The highest BCUT2D eigenvalue weighted by molar-refractivity contribution is 7.99. The van der Waals surface area contributed by atoms with Crippen LogP contribution in [0.25, 0.3) is 20.4 Å². The Morgan fingerprint density at radius 3 is 2.45 bits per heavy atom. The summed E-state index contributed by atoms with van der Waals surface area (Å²) in [6, 6.07) is 8.40. The average molecular weight is 496 g/mol. The molecule has 4 nitrogen and oxygen atoms in total. The van der Waals surface area contributed by atoms with Crippen molar-refractivity contribution < 1.29 is 4.74 Å². The highest BCUT2D eigenvalue weighted by Crippen LogP contribution is 2.44. The van der Waals surface area contributed by atoms with Crippen LogP contribution in [0.5, 0.6) is 5.75 Å². The van der Waals surface area contributed by atoms with Crippen molar-refractivity contribution in [2.24, 2.45) is 0 Å². The van der Waals surface area contributed by atoms with E-state index in [1.54, 1.807) is 34.9 Å². The number of nitrogens with zero attached hydrogens (tertiary/aromatic N) is 3. The number of aryl methyl sites for hydroxylation is 1. The zero-order valence-corrected chi connectivity index (χ0v) is 22.2. The molecule has 1 aliphatic carbocycles. The zero-order chi connectivity index (χ0) is 23.1. The maximum Gasteiger partial charge on any atom is 0.189 e. The summed E-state index contributed by atoms with van der Waals surface area (Å²) in [5.74, 6) is 2.22. The first-order chi connectivity index (χ1) is 15.9. The highest BCUT2D eigenvalue weighted by Gasteiger charge is 2.26. The molecule has 1 aromatic carbocycles. The van der Waals surface area contributed by atoms with E-state index in [0.717, 1.165) is 44.9 Å². The van der Waals surface area contributed by atoms with Crippen molar-refractivity contribution in [3.05, 3.63) is 46.6 Å². The minimum absolute atomic E-state index is 0.184. The normalized spacial score (nSPS) is 13.5. The number of benzene rings is 1. The first kappa shape index (κ1) is 22.9. The standard InChI is InChI=1S/C26H29N3OS3/c1-14(2)21-19-8-6-7-18(19)20-22-23(33-24(20)27-21)25(29-26(28-22)31-5)32-13-16-9-11-17(12-10-16)30-15(3)4/h9-12,14-15H,6-8,13H2,1-5H3. The molecule has 0 spiro atoms. The lowest BCUT2D eigenvalue weighted by Crippen LogP contribution is -2.05. The Balaban J connectivity index is 1.55. The van der Waals surface area contributed by atoms with E-state index in [9.17, 15) is 0 Å². The summed E-state index contributed by atoms with van der Waals surface area (Å²) >= 11 is 5.16. The summed E-state index contributed by atoms with van der Waals surface area (Å²) in [6.45, 7) is 8.61. The molecule has 3 heterocycles. The molecule has 0 saturated heterocycles. The van der Waals surface area contributed by atoms with Crippen LogP contribution in [0.15, 0.2) is 34.4 Å². The summed E-state index contributed by atoms with van der Waals surface area (Å²) in [7, 11) is 0. The second kappa shape index (κ2) is 9.43. The molecule has 1 aliphatic rings. The van der Waals surface area contributed by atoms with E-state index in [4.69, 9.17) is 19.7 Å². The topological polar surface area (TPSA) is 47.9 Å². The number of ether oxygens (including phenoxy) is 1. The Morgan fingerprint density at radius 2 is 1.76 bits per heavy atom. The number of fused-ring (bicyclic) bond motifs is 5. The van der Waals surface area contributed by atoms with Crippen molar-refractivity contribution in [3.8, 4) is 5.75 Å². The third-order valence-electron chi connectivity index (χ3n) is 5.91. The minimum Gasteiger partial charge on any atom is -0.491 e. The lowest BCUT2D eigenvalue weighted by atomic mass is 9.99. The summed E-state index contributed by atoms with van der Waals surface area (Å²) in [4.78, 5) is 16.2. The Bertz CT molecular complexity index is 1310. The Morgan fingerprint density at radius 1 is 1.00 bits per heavy atom. The van der Waals surface area contributed by atoms with Gasteiger partial charge in [0.25, 0.3) is 0 Å². The van der Waals surface area contributed by atoms with E-state index >= 15 is 0 Å². The molecule has 0 saturated carbocycles. The average Bonchev–Trinajstić information content (AvgIpc) is 3.41. The van der Waals surface area contributed by atoms with Crippen LogP contribution < -0.4 is 4.74 Å². The number of thioether (sulfide) groups is 2. The van der Waals surface area contributed by atoms with Crippen molar-refractivity contribution in [2.75, 3.05) is 6.26 Å². The van der Waals surface area contributed by atoms with Crippen molar-refractivity contribution in [2.45, 2.75) is 74.9 Å². The van der Waals surface area contributed by atoms with Crippen LogP contribution in [-0.4, -0.2) is 27.3 Å². The van der Waals surface area contributed by atoms with Crippen LogP contribution in [-0.2, 0) is 18.6 Å². The van der Waals surface area contributed by atoms with E-state index in [0.29, 0.717) is 5.92 Å². The van der Waals surface area contributed by atoms with Gasteiger partial charge in [0, 0.05) is 16.8 Å². The third-order valence-corrected chi connectivity index (χ3v) is 8.72. The lowest BCUT2D eigenvalue weighted by molar-refractivity contribution is 0.242. The van der Waals surface area contributed by atoms with Crippen LogP contribution in [0.1, 0.15) is 62.4 Å². The second-order valence-electron chi connectivity index (χ2n) is 9.04. The van der Waals surface area contributed by atoms with Gasteiger partial charge in [-0.25, -0.2) is 15.0 Å². The SMILES string of the molecule is CSc1nc(SCc2ccc(OC(C)C)cc2)c2sc3nc(C(C)C)c4c(c3c2n1)CCC4. The van der Waals surface area contributed by atoms with Crippen LogP contribution in [0.2, 0.25) is 0 Å². The molecule has 0 aliphatic heterocycles. The summed E-state index contributed by atoms with van der Waals surface area (Å²) in [5.41, 5.74) is 6.59. The Hall–Kier alpha value is -1.83. The summed E-state index contributed by atoms with van der Waals surface area (Å²) < 4.78 is 6.96. The van der Waals surface area contributed by atoms with Gasteiger partial charge < -0.3 is 4.74 Å². The lowest BCUT2D eigenvalue weighted by Gasteiger charge is -2.12. The predicted molar refractivity (Wildman–Crippen MR) is 142 cm³/mol. The van der Waals surface area contributed by atoms with Crippen molar-refractivity contribution >= 4 is 55.3 Å². The van der Waals surface area contributed by atoms with Crippen molar-refractivity contribution in [3.63, 3.8) is 0 Å². The van der Waals surface area contributed by atoms with E-state index < -0.39 is 0 Å². The molecular weight excluding hydrogens is 467 g/mol. The molecule has 7 heteroatoms. The molecule has 5 rings (SSSR count). The molecule has 33 heavy (non-hydrogen) atoms. The first-order valence-electron chi connectivity index (χ1n) is 11.5. The van der Waals surface area contributed by atoms with Crippen LogP contribution in [0, 0.1) is 0 Å². The van der Waals surface area contributed by atoms with Crippen molar-refractivity contribution in [1.82, 2.24) is 15.0 Å². The molecule has 3 aromatic heterocycles. The van der Waals surface area contributed by atoms with Gasteiger partial charge in [0.15, 0.2) is 5.16 Å². The third kappa shape index (κ3) is 4.47. The maximum atomic E-state index is 5.78. The quantitative estimate of drug-likeness (QED) is 0.149. The van der Waals surface area contributed by atoms with Crippen LogP contribution in [0.4, 0.5) is 0 Å². The summed E-state index contributed by atoms with van der Waals surface area (Å²) in [5, 5.41) is 3.18. The smallest absolute Gasteiger partial charge is 0.189 e. The van der Waals surface area contributed by atoms with Gasteiger partial charge in [-0.3, -0.25) is 0 Å². The molecule has 0 atom stereocenters.